The second-order valence-corrected chi connectivity index (χ2v) is 7.10. The van der Waals surface area contributed by atoms with Gasteiger partial charge in [0.2, 0.25) is 0 Å². The molecule has 1 aromatic carbocycles. The topological polar surface area (TPSA) is 39.7 Å². The Morgan fingerprint density at radius 3 is 2.64 bits per heavy atom. The lowest BCUT2D eigenvalue weighted by molar-refractivity contribution is 0.324. The Morgan fingerprint density at radius 2 is 2.00 bits per heavy atom. The van der Waals surface area contributed by atoms with Crippen molar-refractivity contribution in [2.24, 2.45) is 10.9 Å². The van der Waals surface area contributed by atoms with Crippen LogP contribution in [-0.4, -0.2) is 50.6 Å². The zero-order valence-corrected chi connectivity index (χ0v) is 18.5. The van der Waals surface area contributed by atoms with Crippen LogP contribution in [0, 0.1) is 12.8 Å². The first kappa shape index (κ1) is 22.2. The van der Waals surface area contributed by atoms with Crippen molar-refractivity contribution in [1.29, 1.82) is 0 Å². The quantitative estimate of drug-likeness (QED) is 0.373. The van der Waals surface area contributed by atoms with Crippen molar-refractivity contribution in [2.45, 2.75) is 39.5 Å². The fourth-order valence-corrected chi connectivity index (χ4v) is 3.32. The highest BCUT2D eigenvalue weighted by Crippen LogP contribution is 2.16. The molecule has 25 heavy (non-hydrogen) atoms. The fourth-order valence-electron chi connectivity index (χ4n) is 3.32. The molecule has 0 spiro atoms. The van der Waals surface area contributed by atoms with Crippen LogP contribution in [0.3, 0.4) is 0 Å². The van der Waals surface area contributed by atoms with Crippen molar-refractivity contribution in [3.05, 3.63) is 35.4 Å². The SMILES string of the molecule is CCCN1CCC(CNC(=NC)NCC(C)c2ccc(C)cc2)C1.I. The van der Waals surface area contributed by atoms with Gasteiger partial charge >= 0.3 is 0 Å². The van der Waals surface area contributed by atoms with E-state index in [0.717, 1.165) is 25.0 Å². The van der Waals surface area contributed by atoms with E-state index in [1.165, 1.54) is 43.6 Å². The lowest BCUT2D eigenvalue weighted by atomic mass is 10.0. The number of halogens is 1. The average Bonchev–Trinajstić information content (AvgIpc) is 3.03. The molecule has 142 valence electrons. The minimum absolute atomic E-state index is 0. The minimum atomic E-state index is 0. The summed E-state index contributed by atoms with van der Waals surface area (Å²) in [7, 11) is 1.85. The van der Waals surface area contributed by atoms with Gasteiger partial charge in [-0.3, -0.25) is 4.99 Å². The zero-order chi connectivity index (χ0) is 17.4. The van der Waals surface area contributed by atoms with Gasteiger partial charge in [-0.2, -0.15) is 0 Å². The summed E-state index contributed by atoms with van der Waals surface area (Å²) in [6.07, 6.45) is 2.55. The molecule has 1 heterocycles. The third-order valence-corrected chi connectivity index (χ3v) is 4.91. The Hall–Kier alpha value is -0.820. The molecular weight excluding hydrogens is 423 g/mol. The maximum absolute atomic E-state index is 4.36. The minimum Gasteiger partial charge on any atom is -0.356 e. The Kier molecular flexibility index (Phi) is 10.4. The summed E-state index contributed by atoms with van der Waals surface area (Å²) in [5, 5.41) is 6.97. The number of benzene rings is 1. The van der Waals surface area contributed by atoms with E-state index in [2.05, 4.69) is 65.6 Å². The Balaban J connectivity index is 0.00000312. The highest BCUT2D eigenvalue weighted by Gasteiger charge is 2.21. The zero-order valence-electron chi connectivity index (χ0n) is 16.2. The van der Waals surface area contributed by atoms with Gasteiger partial charge in [-0.15, -0.1) is 24.0 Å². The van der Waals surface area contributed by atoms with Crippen molar-refractivity contribution in [1.82, 2.24) is 15.5 Å². The summed E-state index contributed by atoms with van der Waals surface area (Å²) in [6.45, 7) is 12.3. The van der Waals surface area contributed by atoms with Gasteiger partial charge in [0.05, 0.1) is 0 Å². The maximum Gasteiger partial charge on any atom is 0.191 e. The molecule has 0 radical (unpaired) electrons. The molecule has 0 amide bonds. The van der Waals surface area contributed by atoms with Crippen molar-refractivity contribution in [3.8, 4) is 0 Å². The lowest BCUT2D eigenvalue weighted by Gasteiger charge is -2.19. The molecule has 0 aliphatic carbocycles. The van der Waals surface area contributed by atoms with E-state index in [-0.39, 0.29) is 24.0 Å². The summed E-state index contributed by atoms with van der Waals surface area (Å²) in [6, 6.07) is 8.81. The van der Waals surface area contributed by atoms with Gasteiger partial charge in [-0.25, -0.2) is 0 Å². The van der Waals surface area contributed by atoms with Crippen molar-refractivity contribution in [2.75, 3.05) is 39.8 Å². The Bertz CT molecular complexity index is 515. The summed E-state index contributed by atoms with van der Waals surface area (Å²) in [5.41, 5.74) is 2.68. The van der Waals surface area contributed by atoms with Gasteiger partial charge in [0, 0.05) is 26.7 Å². The van der Waals surface area contributed by atoms with Crippen LogP contribution in [0.4, 0.5) is 0 Å². The van der Waals surface area contributed by atoms with E-state index in [9.17, 15) is 0 Å². The van der Waals surface area contributed by atoms with E-state index < -0.39 is 0 Å². The standard InChI is InChI=1S/C20H34N4.HI/c1-5-11-24-12-10-18(15-24)14-23-20(21-4)22-13-17(3)19-8-6-16(2)7-9-19;/h6-9,17-18H,5,10-15H2,1-4H3,(H2,21,22,23);1H. The molecule has 1 aliphatic heterocycles. The molecule has 2 N–H and O–H groups in total. The maximum atomic E-state index is 4.36. The van der Waals surface area contributed by atoms with E-state index in [4.69, 9.17) is 0 Å². The van der Waals surface area contributed by atoms with Crippen LogP contribution in [0.1, 0.15) is 43.7 Å². The van der Waals surface area contributed by atoms with Crippen molar-refractivity contribution >= 4 is 29.9 Å². The van der Waals surface area contributed by atoms with Crippen LogP contribution in [-0.2, 0) is 0 Å². The normalized spacial score (nSPS) is 19.4. The van der Waals surface area contributed by atoms with Crippen LogP contribution in [0.2, 0.25) is 0 Å². The molecule has 2 rings (SSSR count). The number of rotatable bonds is 7. The fraction of sp³-hybridized carbons (Fsp3) is 0.650. The molecule has 1 aromatic rings. The molecule has 5 heteroatoms. The van der Waals surface area contributed by atoms with E-state index in [1.54, 1.807) is 0 Å². The number of hydrogen-bond donors (Lipinski definition) is 2. The molecule has 1 saturated heterocycles. The number of likely N-dealkylation sites (tertiary alicyclic amines) is 1. The van der Waals surface area contributed by atoms with Gasteiger partial charge in [0.1, 0.15) is 0 Å². The van der Waals surface area contributed by atoms with Crippen molar-refractivity contribution < 1.29 is 0 Å². The third kappa shape index (κ3) is 7.52. The van der Waals surface area contributed by atoms with Gasteiger partial charge in [0.25, 0.3) is 0 Å². The average molecular weight is 458 g/mol. The van der Waals surface area contributed by atoms with Crippen LogP contribution >= 0.6 is 24.0 Å². The third-order valence-electron chi connectivity index (χ3n) is 4.91. The molecule has 2 unspecified atom stereocenters. The first-order valence-corrected chi connectivity index (χ1v) is 9.35. The summed E-state index contributed by atoms with van der Waals surface area (Å²) < 4.78 is 0. The van der Waals surface area contributed by atoms with E-state index in [0.29, 0.717) is 5.92 Å². The number of aryl methyl sites for hydroxylation is 1. The van der Waals surface area contributed by atoms with Crippen LogP contribution < -0.4 is 10.6 Å². The van der Waals surface area contributed by atoms with Crippen LogP contribution in [0.5, 0.6) is 0 Å². The molecule has 4 nitrogen and oxygen atoms in total. The molecule has 0 bridgehead atoms. The summed E-state index contributed by atoms with van der Waals surface area (Å²) >= 11 is 0. The summed E-state index contributed by atoms with van der Waals surface area (Å²) in [4.78, 5) is 6.94. The van der Waals surface area contributed by atoms with E-state index >= 15 is 0 Å². The highest BCUT2D eigenvalue weighted by atomic mass is 127. The highest BCUT2D eigenvalue weighted by molar-refractivity contribution is 14.0. The van der Waals surface area contributed by atoms with E-state index in [1.807, 2.05) is 7.05 Å². The predicted molar refractivity (Wildman–Crippen MR) is 119 cm³/mol. The van der Waals surface area contributed by atoms with Crippen molar-refractivity contribution in [3.63, 3.8) is 0 Å². The van der Waals surface area contributed by atoms with Gasteiger partial charge in [0.15, 0.2) is 5.96 Å². The first-order valence-electron chi connectivity index (χ1n) is 9.35. The number of hydrogen-bond acceptors (Lipinski definition) is 2. The lowest BCUT2D eigenvalue weighted by Crippen LogP contribution is -2.41. The number of nitrogens with one attached hydrogen (secondary N) is 2. The largest absolute Gasteiger partial charge is 0.356 e. The predicted octanol–water partition coefficient (Wildman–Crippen LogP) is 3.61. The van der Waals surface area contributed by atoms with Gasteiger partial charge < -0.3 is 15.5 Å². The van der Waals surface area contributed by atoms with Crippen LogP contribution in [0.25, 0.3) is 0 Å². The van der Waals surface area contributed by atoms with Crippen LogP contribution in [0.15, 0.2) is 29.3 Å². The Labute approximate surface area is 170 Å². The van der Waals surface area contributed by atoms with Gasteiger partial charge in [-0.05, 0) is 50.3 Å². The smallest absolute Gasteiger partial charge is 0.191 e. The molecule has 1 fully saturated rings. The monoisotopic (exact) mass is 458 g/mol. The molecular formula is C20H35IN4. The Morgan fingerprint density at radius 1 is 1.28 bits per heavy atom. The summed E-state index contributed by atoms with van der Waals surface area (Å²) in [5.74, 6) is 2.13. The number of aliphatic imine (C=N–C) groups is 1. The molecule has 0 aromatic heterocycles. The molecule has 0 saturated carbocycles. The second kappa shape index (κ2) is 11.7. The molecule has 2 atom stereocenters. The molecule has 1 aliphatic rings. The first-order chi connectivity index (χ1) is 11.6. The number of nitrogens with zero attached hydrogens (tertiary/aromatic N) is 2. The second-order valence-electron chi connectivity index (χ2n) is 7.10. The van der Waals surface area contributed by atoms with Gasteiger partial charge in [-0.1, -0.05) is 43.7 Å². The number of guanidine groups is 1.